The molecule has 0 radical (unpaired) electrons. The van der Waals surface area contributed by atoms with Crippen LogP contribution in [0.1, 0.15) is 63.4 Å². The van der Waals surface area contributed by atoms with E-state index in [1.807, 2.05) is 0 Å². The van der Waals surface area contributed by atoms with Crippen molar-refractivity contribution in [2.24, 2.45) is 5.92 Å². The summed E-state index contributed by atoms with van der Waals surface area (Å²) in [6.45, 7) is 1.74. The maximum Gasteiger partial charge on any atom is 0.321 e. The number of Topliss-reactive ketones (excluding diaryl/α,β-unsaturated/α-hetero) is 1. The first-order valence-electron chi connectivity index (χ1n) is 13.3. The number of ketones is 1. The molecule has 2 saturated carbocycles. The van der Waals surface area contributed by atoms with Crippen molar-refractivity contribution in [2.45, 2.75) is 68.9 Å². The van der Waals surface area contributed by atoms with Crippen LogP contribution in [0.15, 0.2) is 30.3 Å². The molecule has 3 fully saturated rings. The predicted octanol–water partition coefficient (Wildman–Crippen LogP) is 3.19. The Hall–Kier alpha value is -1.97. The number of carbonyl (C=O) groups excluding carboxylic acids is 2. The van der Waals surface area contributed by atoms with Crippen molar-refractivity contribution in [1.82, 2.24) is 19.4 Å². The average molecular weight is 519 g/mol. The minimum Gasteiger partial charge on any atom is -0.317 e. The highest BCUT2D eigenvalue weighted by Gasteiger charge is 2.55. The predicted molar refractivity (Wildman–Crippen MR) is 141 cm³/mol. The molecule has 0 unspecified atom stereocenters. The second-order valence-corrected chi connectivity index (χ2v) is 13.2. The number of nitrogens with one attached hydrogen (secondary N) is 1. The molecule has 0 aromatic heterocycles. The number of sulfonamides is 1. The molecular weight excluding hydrogens is 476 g/mol. The van der Waals surface area contributed by atoms with Gasteiger partial charge >= 0.3 is 6.03 Å². The lowest BCUT2D eigenvalue weighted by Crippen LogP contribution is -2.56. The lowest BCUT2D eigenvalue weighted by molar-refractivity contribution is -0.119. The Morgan fingerprint density at radius 3 is 2.33 bits per heavy atom. The Kier molecular flexibility index (Phi) is 8.12. The third kappa shape index (κ3) is 5.78. The Balaban J connectivity index is 1.45. The maximum absolute atomic E-state index is 13.6. The summed E-state index contributed by atoms with van der Waals surface area (Å²) in [6, 6.07) is 10.7. The van der Waals surface area contributed by atoms with Crippen LogP contribution in [0.2, 0.25) is 0 Å². The van der Waals surface area contributed by atoms with Gasteiger partial charge in [-0.2, -0.15) is 0 Å². The smallest absolute Gasteiger partial charge is 0.317 e. The van der Waals surface area contributed by atoms with E-state index >= 15 is 0 Å². The molecule has 200 valence electrons. The topological polar surface area (TPSA) is 90.0 Å². The highest BCUT2D eigenvalue weighted by atomic mass is 32.2. The van der Waals surface area contributed by atoms with Gasteiger partial charge < -0.3 is 9.80 Å². The molecular formula is C27H42N4O4S. The molecule has 0 atom stereocenters. The van der Waals surface area contributed by atoms with E-state index in [1.165, 1.54) is 24.8 Å². The number of rotatable bonds is 11. The zero-order valence-electron chi connectivity index (χ0n) is 22.0. The molecule has 1 heterocycles. The summed E-state index contributed by atoms with van der Waals surface area (Å²) in [6.07, 6.45) is 9.18. The van der Waals surface area contributed by atoms with Crippen LogP contribution < -0.4 is 4.72 Å². The van der Waals surface area contributed by atoms with Gasteiger partial charge in [0.05, 0.1) is 18.3 Å². The van der Waals surface area contributed by atoms with Gasteiger partial charge in [-0.1, -0.05) is 36.8 Å². The van der Waals surface area contributed by atoms with Crippen LogP contribution in [0.5, 0.6) is 0 Å². The SMILES string of the molecule is CN(C)C1(c2ccccc2)CCC2(CC1)CN(CC(=O)CCCNS(C)(=O)=O)C(=O)N2CC1CCC1. The van der Waals surface area contributed by atoms with Crippen molar-refractivity contribution in [3.8, 4) is 0 Å². The lowest BCUT2D eigenvalue weighted by Gasteiger charge is -2.51. The maximum atomic E-state index is 13.6. The molecule has 1 N–H and O–H groups in total. The Labute approximate surface area is 216 Å². The van der Waals surface area contributed by atoms with Crippen molar-refractivity contribution in [3.63, 3.8) is 0 Å². The fraction of sp³-hybridized carbons (Fsp3) is 0.704. The number of benzene rings is 1. The first-order valence-corrected chi connectivity index (χ1v) is 15.2. The van der Waals surface area contributed by atoms with Gasteiger partial charge in [-0.3, -0.25) is 9.69 Å². The molecule has 9 heteroatoms. The molecule has 36 heavy (non-hydrogen) atoms. The van der Waals surface area contributed by atoms with E-state index in [2.05, 4.69) is 58.9 Å². The van der Waals surface area contributed by atoms with Gasteiger partial charge in [0.1, 0.15) is 0 Å². The van der Waals surface area contributed by atoms with Gasteiger partial charge in [-0.25, -0.2) is 17.9 Å². The highest BCUT2D eigenvalue weighted by molar-refractivity contribution is 7.88. The molecule has 3 aliphatic rings. The molecule has 2 aliphatic carbocycles. The van der Waals surface area contributed by atoms with Crippen LogP contribution in [0, 0.1) is 5.92 Å². The summed E-state index contributed by atoms with van der Waals surface area (Å²) in [5, 5.41) is 0. The zero-order chi connectivity index (χ0) is 26.0. The molecule has 4 rings (SSSR count). The van der Waals surface area contributed by atoms with E-state index in [-0.39, 0.29) is 42.4 Å². The highest BCUT2D eigenvalue weighted by Crippen LogP contribution is 2.49. The van der Waals surface area contributed by atoms with Crippen LogP contribution in [0.25, 0.3) is 0 Å². The minimum atomic E-state index is -3.26. The van der Waals surface area contributed by atoms with Crippen molar-refractivity contribution in [3.05, 3.63) is 35.9 Å². The van der Waals surface area contributed by atoms with Crippen LogP contribution >= 0.6 is 0 Å². The quantitative estimate of drug-likeness (QED) is 0.455. The summed E-state index contributed by atoms with van der Waals surface area (Å²) in [5.41, 5.74) is 1.06. The van der Waals surface area contributed by atoms with Gasteiger partial charge in [-0.05, 0) is 70.5 Å². The van der Waals surface area contributed by atoms with Gasteiger partial charge in [0.2, 0.25) is 10.0 Å². The largest absolute Gasteiger partial charge is 0.321 e. The zero-order valence-corrected chi connectivity index (χ0v) is 22.9. The van der Waals surface area contributed by atoms with Crippen molar-refractivity contribution in [1.29, 1.82) is 0 Å². The van der Waals surface area contributed by atoms with E-state index in [0.29, 0.717) is 18.9 Å². The van der Waals surface area contributed by atoms with E-state index in [0.717, 1.165) is 38.5 Å². The minimum absolute atomic E-state index is 0.00146. The molecule has 1 aromatic carbocycles. The molecule has 2 amide bonds. The first kappa shape index (κ1) is 27.1. The van der Waals surface area contributed by atoms with Crippen LogP contribution in [0.3, 0.4) is 0 Å². The Morgan fingerprint density at radius 1 is 1.11 bits per heavy atom. The summed E-state index contributed by atoms with van der Waals surface area (Å²) >= 11 is 0. The number of carbonyl (C=O) groups is 2. The fourth-order valence-electron chi connectivity index (χ4n) is 6.35. The van der Waals surface area contributed by atoms with Gasteiger partial charge in [0, 0.05) is 31.6 Å². The summed E-state index contributed by atoms with van der Waals surface area (Å²) in [5.74, 6) is 0.556. The van der Waals surface area contributed by atoms with Crippen LogP contribution in [0.4, 0.5) is 4.79 Å². The lowest BCUT2D eigenvalue weighted by atomic mass is 9.68. The second kappa shape index (κ2) is 10.8. The molecule has 0 bridgehead atoms. The van der Waals surface area contributed by atoms with Gasteiger partial charge in [0.25, 0.3) is 0 Å². The summed E-state index contributed by atoms with van der Waals surface area (Å²) in [7, 11) is 1.05. The van der Waals surface area contributed by atoms with Crippen molar-refractivity contribution >= 4 is 21.8 Å². The number of nitrogens with zero attached hydrogens (tertiary/aromatic N) is 3. The standard InChI is InChI=1S/C27H42N4O4S/c1-29(2)27(23-11-5-4-6-12-23)16-14-26(15-17-27)21-30(25(33)31(26)19-22-9-7-10-22)20-24(32)13-8-18-28-36(3,34)35/h4-6,11-12,22,28H,7-10,13-21H2,1-3H3. The van der Waals surface area contributed by atoms with E-state index in [9.17, 15) is 18.0 Å². The third-order valence-corrected chi connectivity index (χ3v) is 9.49. The van der Waals surface area contributed by atoms with Gasteiger partial charge in [0.15, 0.2) is 5.78 Å². The van der Waals surface area contributed by atoms with Crippen LogP contribution in [-0.2, 0) is 20.4 Å². The van der Waals surface area contributed by atoms with Crippen molar-refractivity contribution in [2.75, 3.05) is 46.5 Å². The summed E-state index contributed by atoms with van der Waals surface area (Å²) < 4.78 is 24.9. The normalized spacial score (nSPS) is 27.2. The van der Waals surface area contributed by atoms with Crippen LogP contribution in [-0.4, -0.2) is 87.0 Å². The Morgan fingerprint density at radius 2 is 1.78 bits per heavy atom. The number of hydrogen-bond donors (Lipinski definition) is 1. The number of hydrogen-bond acceptors (Lipinski definition) is 5. The van der Waals surface area contributed by atoms with E-state index in [1.54, 1.807) is 4.90 Å². The molecule has 1 aliphatic heterocycles. The monoisotopic (exact) mass is 518 g/mol. The summed E-state index contributed by atoms with van der Waals surface area (Å²) in [4.78, 5) is 32.6. The Bertz CT molecular complexity index is 1030. The average Bonchev–Trinajstić information content (AvgIpc) is 3.04. The first-order chi connectivity index (χ1) is 17.0. The number of urea groups is 1. The molecule has 1 aromatic rings. The third-order valence-electron chi connectivity index (χ3n) is 8.76. The van der Waals surface area contributed by atoms with Gasteiger partial charge in [-0.15, -0.1) is 0 Å². The molecule has 8 nitrogen and oxygen atoms in total. The molecule has 1 saturated heterocycles. The van der Waals surface area contributed by atoms with Crippen molar-refractivity contribution < 1.29 is 18.0 Å². The fourth-order valence-corrected chi connectivity index (χ4v) is 6.86. The number of amides is 2. The molecule has 1 spiro atoms. The van der Waals surface area contributed by atoms with E-state index < -0.39 is 10.0 Å². The van der Waals surface area contributed by atoms with E-state index in [4.69, 9.17) is 0 Å². The second-order valence-electron chi connectivity index (χ2n) is 11.4.